The maximum absolute atomic E-state index is 13.7. The van der Waals surface area contributed by atoms with Gasteiger partial charge in [0.05, 0.1) is 0 Å². The maximum Gasteiger partial charge on any atom is 0.338 e. The molecule has 0 fully saturated rings. The third kappa shape index (κ3) is 2.84. The summed E-state index contributed by atoms with van der Waals surface area (Å²) < 4.78 is 13.7. The van der Waals surface area contributed by atoms with Gasteiger partial charge in [-0.2, -0.15) is 0 Å². The Kier molecular flexibility index (Phi) is 3.88. The lowest BCUT2D eigenvalue weighted by molar-refractivity contribution is 0.0692. The molecule has 6 heteroatoms. The van der Waals surface area contributed by atoms with Gasteiger partial charge in [0.15, 0.2) is 11.6 Å². The first-order valence-electron chi connectivity index (χ1n) is 5.32. The Morgan fingerprint density at radius 2 is 2.33 bits per heavy atom. The van der Waals surface area contributed by atoms with E-state index in [0.717, 1.165) is 12.5 Å². The van der Waals surface area contributed by atoms with E-state index in [1.807, 2.05) is 17.5 Å². The minimum absolute atomic E-state index is 0.0218. The van der Waals surface area contributed by atoms with Gasteiger partial charge in [0.25, 0.3) is 0 Å². The number of aromatic nitrogens is 1. The van der Waals surface area contributed by atoms with Crippen LogP contribution in [0.1, 0.15) is 15.2 Å². The van der Waals surface area contributed by atoms with Crippen LogP contribution in [0.3, 0.4) is 0 Å². The number of hydrogen-bond donors (Lipinski definition) is 2. The second-order valence-electron chi connectivity index (χ2n) is 3.58. The average molecular weight is 266 g/mol. The highest BCUT2D eigenvalue weighted by Crippen LogP contribution is 2.15. The van der Waals surface area contributed by atoms with Gasteiger partial charge in [0.1, 0.15) is 5.56 Å². The van der Waals surface area contributed by atoms with E-state index in [9.17, 15) is 9.18 Å². The molecule has 0 unspecified atom stereocenters. The summed E-state index contributed by atoms with van der Waals surface area (Å²) in [5.74, 6) is -2.14. The number of carbonyl (C=O) groups is 1. The minimum atomic E-state index is -1.30. The molecule has 2 aromatic rings. The van der Waals surface area contributed by atoms with Crippen LogP contribution in [0.15, 0.2) is 29.8 Å². The van der Waals surface area contributed by atoms with Crippen molar-refractivity contribution in [1.29, 1.82) is 0 Å². The predicted octanol–water partition coefficient (Wildman–Crippen LogP) is 2.64. The molecule has 2 heterocycles. The number of thiophene rings is 1. The predicted molar refractivity (Wildman–Crippen MR) is 67.7 cm³/mol. The lowest BCUT2D eigenvalue weighted by atomic mass is 10.2. The first kappa shape index (κ1) is 12.5. The second kappa shape index (κ2) is 5.59. The molecule has 0 spiro atoms. The zero-order valence-corrected chi connectivity index (χ0v) is 10.2. The third-order valence-electron chi connectivity index (χ3n) is 2.36. The van der Waals surface area contributed by atoms with E-state index >= 15 is 0 Å². The monoisotopic (exact) mass is 266 g/mol. The standard InChI is InChI=1S/C12H11FN2O2S/c13-10-9(12(16)17)4-6-15-11(10)14-5-3-8-2-1-7-18-8/h1-2,4,6-7H,3,5H2,(H,14,15)(H,16,17). The Morgan fingerprint density at radius 3 is 3.00 bits per heavy atom. The largest absolute Gasteiger partial charge is 0.478 e. The summed E-state index contributed by atoms with van der Waals surface area (Å²) in [5.41, 5.74) is -0.372. The van der Waals surface area contributed by atoms with Gasteiger partial charge in [-0.05, 0) is 23.9 Å². The van der Waals surface area contributed by atoms with Crippen molar-refractivity contribution in [3.8, 4) is 0 Å². The average Bonchev–Trinajstić information content (AvgIpc) is 2.84. The highest BCUT2D eigenvalue weighted by atomic mass is 32.1. The van der Waals surface area contributed by atoms with Crippen LogP contribution in [0.5, 0.6) is 0 Å². The Hall–Kier alpha value is -1.95. The van der Waals surface area contributed by atoms with Crippen LogP contribution in [0.25, 0.3) is 0 Å². The number of carboxylic acid groups (broad SMARTS) is 1. The summed E-state index contributed by atoms with van der Waals surface area (Å²) in [7, 11) is 0. The molecule has 0 saturated heterocycles. The van der Waals surface area contributed by atoms with Gasteiger partial charge in [0, 0.05) is 17.6 Å². The summed E-state index contributed by atoms with van der Waals surface area (Å²) in [5, 5.41) is 13.5. The summed E-state index contributed by atoms with van der Waals surface area (Å²) in [6.45, 7) is 0.507. The van der Waals surface area contributed by atoms with Gasteiger partial charge >= 0.3 is 5.97 Å². The maximum atomic E-state index is 13.7. The smallest absolute Gasteiger partial charge is 0.338 e. The topological polar surface area (TPSA) is 62.2 Å². The van der Waals surface area contributed by atoms with E-state index in [1.165, 1.54) is 11.1 Å². The number of nitrogens with zero attached hydrogens (tertiary/aromatic N) is 1. The fourth-order valence-electron chi connectivity index (χ4n) is 1.49. The summed E-state index contributed by atoms with van der Waals surface area (Å²) in [4.78, 5) is 15.7. The molecule has 2 rings (SSSR count). The minimum Gasteiger partial charge on any atom is -0.478 e. The van der Waals surface area contributed by atoms with Gasteiger partial charge in [-0.1, -0.05) is 6.07 Å². The number of nitrogens with one attached hydrogen (secondary N) is 1. The SMILES string of the molecule is O=C(O)c1ccnc(NCCc2cccs2)c1F. The third-order valence-corrected chi connectivity index (χ3v) is 3.30. The Morgan fingerprint density at radius 1 is 1.50 bits per heavy atom. The van der Waals surface area contributed by atoms with E-state index in [4.69, 9.17) is 5.11 Å². The molecule has 0 atom stereocenters. The number of rotatable bonds is 5. The zero-order valence-electron chi connectivity index (χ0n) is 9.39. The second-order valence-corrected chi connectivity index (χ2v) is 4.61. The van der Waals surface area contributed by atoms with Crippen LogP contribution in [0.2, 0.25) is 0 Å². The van der Waals surface area contributed by atoms with Crippen molar-refractivity contribution in [1.82, 2.24) is 4.98 Å². The molecule has 2 N–H and O–H groups in total. The molecule has 0 amide bonds. The number of aromatic carboxylic acids is 1. The first-order valence-corrected chi connectivity index (χ1v) is 6.20. The van der Waals surface area contributed by atoms with Crippen LogP contribution in [-0.2, 0) is 6.42 Å². The number of pyridine rings is 1. The van der Waals surface area contributed by atoms with Crippen LogP contribution in [0.4, 0.5) is 10.2 Å². The number of carboxylic acids is 1. The molecule has 0 radical (unpaired) electrons. The molecule has 94 valence electrons. The number of halogens is 1. The Labute approximate surface area is 107 Å². The van der Waals surface area contributed by atoms with Crippen molar-refractivity contribution in [2.75, 3.05) is 11.9 Å². The molecular weight excluding hydrogens is 255 g/mol. The van der Waals surface area contributed by atoms with E-state index < -0.39 is 11.8 Å². The molecule has 0 bridgehead atoms. The quantitative estimate of drug-likeness (QED) is 0.873. The van der Waals surface area contributed by atoms with Crippen molar-refractivity contribution >= 4 is 23.1 Å². The van der Waals surface area contributed by atoms with Crippen molar-refractivity contribution in [2.24, 2.45) is 0 Å². The van der Waals surface area contributed by atoms with Crippen LogP contribution in [-0.4, -0.2) is 22.6 Å². The fraction of sp³-hybridized carbons (Fsp3) is 0.167. The van der Waals surface area contributed by atoms with Crippen LogP contribution < -0.4 is 5.32 Å². The number of hydrogen-bond acceptors (Lipinski definition) is 4. The van der Waals surface area contributed by atoms with Gasteiger partial charge in [-0.25, -0.2) is 14.2 Å². The number of anilines is 1. The summed E-state index contributed by atoms with van der Waals surface area (Å²) in [6.07, 6.45) is 2.02. The highest BCUT2D eigenvalue weighted by Gasteiger charge is 2.14. The molecule has 18 heavy (non-hydrogen) atoms. The molecule has 0 aromatic carbocycles. The molecule has 0 aliphatic carbocycles. The molecule has 0 aliphatic heterocycles. The van der Waals surface area contributed by atoms with Crippen LogP contribution in [0, 0.1) is 5.82 Å². The van der Waals surface area contributed by atoms with E-state index in [2.05, 4.69) is 10.3 Å². The van der Waals surface area contributed by atoms with E-state index in [-0.39, 0.29) is 11.4 Å². The Balaban J connectivity index is 2.01. The van der Waals surface area contributed by atoms with Crippen molar-refractivity contribution in [2.45, 2.75) is 6.42 Å². The van der Waals surface area contributed by atoms with Crippen molar-refractivity contribution in [3.05, 3.63) is 46.0 Å². The molecule has 0 saturated carbocycles. The molecule has 4 nitrogen and oxygen atoms in total. The van der Waals surface area contributed by atoms with Crippen LogP contribution >= 0.6 is 11.3 Å². The summed E-state index contributed by atoms with van der Waals surface area (Å²) in [6, 6.07) is 5.08. The molecule has 0 aliphatic rings. The zero-order chi connectivity index (χ0) is 13.0. The fourth-order valence-corrected chi connectivity index (χ4v) is 2.20. The van der Waals surface area contributed by atoms with E-state index in [0.29, 0.717) is 6.54 Å². The lowest BCUT2D eigenvalue weighted by Gasteiger charge is -2.07. The Bertz CT molecular complexity index is 543. The highest BCUT2D eigenvalue weighted by molar-refractivity contribution is 7.09. The van der Waals surface area contributed by atoms with Crippen molar-refractivity contribution in [3.63, 3.8) is 0 Å². The van der Waals surface area contributed by atoms with Crippen molar-refractivity contribution < 1.29 is 14.3 Å². The first-order chi connectivity index (χ1) is 8.68. The molecular formula is C12H11FN2O2S. The van der Waals surface area contributed by atoms with Gasteiger partial charge in [0.2, 0.25) is 0 Å². The normalized spacial score (nSPS) is 10.3. The van der Waals surface area contributed by atoms with E-state index in [1.54, 1.807) is 11.3 Å². The molecule has 2 aromatic heterocycles. The van der Waals surface area contributed by atoms with Gasteiger partial charge in [-0.3, -0.25) is 0 Å². The van der Waals surface area contributed by atoms with Gasteiger partial charge < -0.3 is 10.4 Å². The lowest BCUT2D eigenvalue weighted by Crippen LogP contribution is -2.10. The van der Waals surface area contributed by atoms with Gasteiger partial charge in [-0.15, -0.1) is 11.3 Å². The summed E-state index contributed by atoms with van der Waals surface area (Å²) >= 11 is 1.62.